The number of allylic oxidation sites excluding steroid dienone is 3. The first kappa shape index (κ1) is 29.5. The lowest BCUT2D eigenvalue weighted by Gasteiger charge is -2.43. The zero-order chi connectivity index (χ0) is 30.2. The number of primary sulfonamides is 1. The number of halogens is 1. The molecule has 0 saturated carbocycles. The molecule has 3 aromatic rings. The molecule has 1 aliphatic carbocycles. The van der Waals surface area contributed by atoms with E-state index < -0.39 is 15.9 Å². The molecule has 10 heteroatoms. The summed E-state index contributed by atoms with van der Waals surface area (Å²) in [7, 11) is -3.82. The summed E-state index contributed by atoms with van der Waals surface area (Å²) in [4.78, 5) is 20.6. The summed E-state index contributed by atoms with van der Waals surface area (Å²) in [5, 5.41) is 18.9. The smallest absolute Gasteiger partial charge is 0.238 e. The van der Waals surface area contributed by atoms with Gasteiger partial charge < -0.3 is 5.32 Å². The van der Waals surface area contributed by atoms with Crippen molar-refractivity contribution in [3.63, 3.8) is 0 Å². The normalized spacial score (nSPS) is 18.7. The van der Waals surface area contributed by atoms with Crippen molar-refractivity contribution in [2.75, 3.05) is 10.2 Å². The van der Waals surface area contributed by atoms with E-state index in [1.54, 1.807) is 12.1 Å². The maximum absolute atomic E-state index is 13.9. The first-order chi connectivity index (χ1) is 19.9. The van der Waals surface area contributed by atoms with E-state index in [4.69, 9.17) is 10.1 Å². The molecule has 1 atom stereocenters. The highest BCUT2D eigenvalue weighted by Crippen LogP contribution is 2.51. The van der Waals surface area contributed by atoms with Gasteiger partial charge in [0.15, 0.2) is 11.6 Å². The highest BCUT2D eigenvalue weighted by molar-refractivity contribution is 9.10. The number of hydrogen-bond acceptors (Lipinski definition) is 6. The van der Waals surface area contributed by atoms with Crippen molar-refractivity contribution in [1.82, 2.24) is 0 Å². The van der Waals surface area contributed by atoms with Crippen molar-refractivity contribution in [2.45, 2.75) is 44.4 Å². The van der Waals surface area contributed by atoms with Gasteiger partial charge in [-0.2, -0.15) is 5.26 Å². The minimum Gasteiger partial charge on any atom is -0.346 e. The van der Waals surface area contributed by atoms with E-state index in [1.807, 2.05) is 60.4 Å². The molecule has 0 bridgehead atoms. The Morgan fingerprint density at radius 1 is 1.05 bits per heavy atom. The van der Waals surface area contributed by atoms with Gasteiger partial charge in [-0.1, -0.05) is 59.6 Å². The third kappa shape index (κ3) is 5.95. The van der Waals surface area contributed by atoms with Crippen LogP contribution in [0.25, 0.3) is 0 Å². The average molecular weight is 645 g/mol. The van der Waals surface area contributed by atoms with E-state index in [-0.39, 0.29) is 16.1 Å². The standard InChI is InChI=1S/C32H30BrN5O3S/c1-20-4-6-21(7-5-20)29-26(18-34)31(37-19-36-23-10-14-25(15-11-23)42(35,40)41)38(24-12-8-22(33)9-13-24)27-16-32(2,3)17-28(39)30(27)29/h4-15,19,29H,16-17H2,1-3H3,(H,36,37)(H2,35,40,41). The second kappa shape index (κ2) is 11.3. The van der Waals surface area contributed by atoms with Crippen molar-refractivity contribution < 1.29 is 13.2 Å². The Hall–Kier alpha value is -4.04. The molecule has 1 heterocycles. The summed E-state index contributed by atoms with van der Waals surface area (Å²) in [6.45, 7) is 6.15. The summed E-state index contributed by atoms with van der Waals surface area (Å²) < 4.78 is 24.2. The predicted octanol–water partition coefficient (Wildman–Crippen LogP) is 6.53. The minimum absolute atomic E-state index is 0.00172. The summed E-state index contributed by atoms with van der Waals surface area (Å²) in [6, 6.07) is 24.0. The van der Waals surface area contributed by atoms with Crippen LogP contribution in [0.1, 0.15) is 43.7 Å². The molecule has 0 amide bonds. The van der Waals surface area contributed by atoms with Crippen LogP contribution in [0.15, 0.2) is 110 Å². The molecule has 3 aromatic carbocycles. The number of carbonyl (C=O) groups excluding carboxylic acids is 1. The number of ketones is 1. The molecule has 0 spiro atoms. The van der Waals surface area contributed by atoms with Crippen molar-refractivity contribution in [2.24, 2.45) is 15.5 Å². The second-order valence-electron chi connectivity index (χ2n) is 11.3. The Labute approximate surface area is 254 Å². The number of hydrogen-bond donors (Lipinski definition) is 2. The monoisotopic (exact) mass is 643 g/mol. The van der Waals surface area contributed by atoms with E-state index in [0.717, 1.165) is 27.0 Å². The van der Waals surface area contributed by atoms with E-state index >= 15 is 0 Å². The first-order valence-corrected chi connectivity index (χ1v) is 15.7. The van der Waals surface area contributed by atoms with Crippen LogP contribution in [0.3, 0.4) is 0 Å². The second-order valence-corrected chi connectivity index (χ2v) is 13.8. The van der Waals surface area contributed by atoms with Gasteiger partial charge in [0, 0.05) is 33.5 Å². The predicted molar refractivity (Wildman–Crippen MR) is 168 cm³/mol. The maximum atomic E-state index is 13.9. The molecule has 42 heavy (non-hydrogen) atoms. The van der Waals surface area contributed by atoms with Gasteiger partial charge in [-0.25, -0.2) is 18.5 Å². The molecular weight excluding hydrogens is 614 g/mol. The van der Waals surface area contributed by atoms with Crippen LogP contribution in [-0.4, -0.2) is 20.5 Å². The third-order valence-corrected chi connectivity index (χ3v) is 8.87. The van der Waals surface area contributed by atoms with E-state index in [2.05, 4.69) is 41.2 Å². The van der Waals surface area contributed by atoms with Gasteiger partial charge in [0.25, 0.3) is 0 Å². The van der Waals surface area contributed by atoms with E-state index in [1.165, 1.54) is 18.5 Å². The van der Waals surface area contributed by atoms with Crippen LogP contribution in [0.2, 0.25) is 0 Å². The Morgan fingerprint density at radius 2 is 1.69 bits per heavy atom. The number of Topliss-reactive ketones (excluding diaryl/α,β-unsaturated/α-hetero) is 1. The number of nitrogens with one attached hydrogen (secondary N) is 1. The summed E-state index contributed by atoms with van der Waals surface area (Å²) in [5.74, 6) is -0.136. The molecule has 214 valence electrons. The van der Waals surface area contributed by atoms with Gasteiger partial charge >= 0.3 is 0 Å². The molecule has 2 aliphatic rings. The van der Waals surface area contributed by atoms with Gasteiger partial charge in [0.2, 0.25) is 10.0 Å². The highest BCUT2D eigenvalue weighted by atomic mass is 79.9. The number of sulfonamides is 1. The lowest BCUT2D eigenvalue weighted by atomic mass is 9.68. The van der Waals surface area contributed by atoms with Gasteiger partial charge in [0.1, 0.15) is 0 Å². The highest BCUT2D eigenvalue weighted by Gasteiger charge is 2.45. The van der Waals surface area contributed by atoms with Crippen molar-refractivity contribution >= 4 is 49.4 Å². The molecule has 8 nitrogen and oxygen atoms in total. The lowest BCUT2D eigenvalue weighted by Crippen LogP contribution is -2.39. The fourth-order valence-corrected chi connectivity index (χ4v) is 6.24. The van der Waals surface area contributed by atoms with Gasteiger partial charge in [-0.05, 0) is 72.9 Å². The Balaban J connectivity index is 1.68. The molecule has 1 unspecified atom stereocenters. The van der Waals surface area contributed by atoms with Gasteiger partial charge in [-0.3, -0.25) is 9.69 Å². The summed E-state index contributed by atoms with van der Waals surface area (Å²) >= 11 is 3.50. The Kier molecular flexibility index (Phi) is 7.94. The van der Waals surface area contributed by atoms with Crippen LogP contribution in [0, 0.1) is 23.7 Å². The number of nitrogens with zero attached hydrogens (tertiary/aromatic N) is 3. The zero-order valence-electron chi connectivity index (χ0n) is 23.4. The first-order valence-electron chi connectivity index (χ1n) is 13.3. The minimum atomic E-state index is -3.82. The van der Waals surface area contributed by atoms with Crippen LogP contribution in [0.5, 0.6) is 0 Å². The number of carbonyl (C=O) groups is 1. The quantitative estimate of drug-likeness (QED) is 0.232. The molecule has 5 rings (SSSR count). The van der Waals surface area contributed by atoms with Crippen LogP contribution in [-0.2, 0) is 14.8 Å². The van der Waals surface area contributed by atoms with Crippen LogP contribution < -0.4 is 15.4 Å². The lowest BCUT2D eigenvalue weighted by molar-refractivity contribution is -0.118. The molecule has 0 saturated heterocycles. The average Bonchev–Trinajstić information content (AvgIpc) is 2.93. The summed E-state index contributed by atoms with van der Waals surface area (Å²) in [5.41, 5.74) is 4.81. The number of nitrogens with two attached hydrogens (primary N) is 1. The SMILES string of the molecule is Cc1ccc(C2C(C#N)=C(N=CNc3ccc(S(N)(=O)=O)cc3)N(c3ccc(Br)cc3)C3=C2C(=O)CC(C)(C)C3)cc1. The summed E-state index contributed by atoms with van der Waals surface area (Å²) in [6.07, 6.45) is 2.47. The van der Waals surface area contributed by atoms with Crippen molar-refractivity contribution in [1.29, 1.82) is 5.26 Å². The number of anilines is 2. The largest absolute Gasteiger partial charge is 0.346 e. The molecule has 0 fully saturated rings. The Morgan fingerprint density at radius 3 is 2.29 bits per heavy atom. The molecular formula is C32H30BrN5O3S. The van der Waals surface area contributed by atoms with Crippen LogP contribution >= 0.6 is 15.9 Å². The number of benzene rings is 3. The number of aliphatic imine (C=N–C) groups is 1. The fraction of sp³-hybridized carbons (Fsp3) is 0.219. The molecule has 3 N–H and O–H groups in total. The molecule has 1 aliphatic heterocycles. The molecule has 0 aromatic heterocycles. The number of rotatable bonds is 6. The topological polar surface area (TPSA) is 129 Å². The zero-order valence-corrected chi connectivity index (χ0v) is 25.8. The number of nitriles is 1. The molecule has 0 radical (unpaired) electrons. The number of aryl methyl sites for hydroxylation is 1. The van der Waals surface area contributed by atoms with Gasteiger partial charge in [0.05, 0.1) is 28.8 Å². The Bertz CT molecular complexity index is 1780. The van der Waals surface area contributed by atoms with Crippen molar-refractivity contribution in [3.05, 3.63) is 111 Å². The third-order valence-electron chi connectivity index (χ3n) is 7.41. The van der Waals surface area contributed by atoms with Gasteiger partial charge in [-0.15, -0.1) is 0 Å². The van der Waals surface area contributed by atoms with Crippen LogP contribution in [0.4, 0.5) is 11.4 Å². The fourth-order valence-electron chi connectivity index (χ4n) is 5.46. The van der Waals surface area contributed by atoms with Crippen molar-refractivity contribution in [3.8, 4) is 6.07 Å². The maximum Gasteiger partial charge on any atom is 0.238 e. The van der Waals surface area contributed by atoms with E-state index in [9.17, 15) is 18.5 Å². The van der Waals surface area contributed by atoms with E-state index in [0.29, 0.717) is 35.5 Å².